The van der Waals surface area contributed by atoms with Gasteiger partial charge in [0, 0.05) is 35.6 Å². The minimum Gasteiger partial charge on any atom is -0.399 e. The number of hydrogen-bond donors (Lipinski definition) is 4. The highest BCUT2D eigenvalue weighted by molar-refractivity contribution is 5.99. The zero-order valence-corrected chi connectivity index (χ0v) is 16.7. The molecule has 0 unspecified atom stereocenters. The predicted molar refractivity (Wildman–Crippen MR) is 120 cm³/mol. The molecule has 0 aliphatic heterocycles. The third kappa shape index (κ3) is 6.10. The summed E-state index contributed by atoms with van der Waals surface area (Å²) in [4.78, 5) is 24.8. The third-order valence-electron chi connectivity index (χ3n) is 4.74. The lowest BCUT2D eigenvalue weighted by Crippen LogP contribution is -2.28. The molecule has 0 aliphatic carbocycles. The number of rotatable bonds is 8. The maximum Gasteiger partial charge on any atom is 0.251 e. The van der Waals surface area contributed by atoms with Crippen LogP contribution in [0.3, 0.4) is 0 Å². The lowest BCUT2D eigenvalue weighted by atomic mass is 10.1. The maximum absolute atomic E-state index is 12.4. The highest BCUT2D eigenvalue weighted by Crippen LogP contribution is 2.08. The minimum atomic E-state index is -0.207. The van der Waals surface area contributed by atoms with Gasteiger partial charge in [0.2, 0.25) is 0 Å². The van der Waals surface area contributed by atoms with Crippen LogP contribution in [0.4, 0.5) is 11.4 Å². The number of nitrogens with two attached hydrogens (primary N) is 2. The first-order chi connectivity index (χ1) is 14.5. The van der Waals surface area contributed by atoms with Gasteiger partial charge in [0.15, 0.2) is 0 Å². The van der Waals surface area contributed by atoms with Crippen LogP contribution in [-0.4, -0.2) is 24.9 Å². The summed E-state index contributed by atoms with van der Waals surface area (Å²) in [7, 11) is 0. The van der Waals surface area contributed by atoms with Gasteiger partial charge in [-0.3, -0.25) is 9.59 Å². The summed E-state index contributed by atoms with van der Waals surface area (Å²) in [5.74, 6) is -0.413. The molecule has 0 saturated carbocycles. The van der Waals surface area contributed by atoms with E-state index in [0.29, 0.717) is 48.4 Å². The average Bonchev–Trinajstić information content (AvgIpc) is 2.76. The van der Waals surface area contributed by atoms with E-state index in [9.17, 15) is 9.59 Å². The van der Waals surface area contributed by atoms with Crippen LogP contribution in [0.15, 0.2) is 72.8 Å². The van der Waals surface area contributed by atoms with Crippen molar-refractivity contribution in [1.82, 2.24) is 10.6 Å². The number of carbonyl (C=O) groups is 2. The van der Waals surface area contributed by atoms with Crippen molar-refractivity contribution in [2.24, 2.45) is 0 Å². The molecule has 3 rings (SSSR count). The van der Waals surface area contributed by atoms with Gasteiger partial charge >= 0.3 is 0 Å². The molecule has 3 aromatic carbocycles. The molecule has 3 aromatic rings. The first-order valence-corrected chi connectivity index (χ1v) is 9.86. The number of carbonyl (C=O) groups excluding carboxylic acids is 2. The van der Waals surface area contributed by atoms with E-state index in [1.165, 1.54) is 0 Å². The maximum atomic E-state index is 12.4. The van der Waals surface area contributed by atoms with Crippen LogP contribution in [-0.2, 0) is 12.8 Å². The van der Waals surface area contributed by atoms with Crippen LogP contribution in [0.5, 0.6) is 0 Å². The number of amides is 2. The Morgan fingerprint density at radius 3 is 1.43 bits per heavy atom. The van der Waals surface area contributed by atoms with Crippen LogP contribution < -0.4 is 22.1 Å². The number of hydrogen-bond acceptors (Lipinski definition) is 4. The van der Waals surface area contributed by atoms with Crippen molar-refractivity contribution in [3.05, 3.63) is 95.1 Å². The Morgan fingerprint density at radius 2 is 1.03 bits per heavy atom. The van der Waals surface area contributed by atoms with Crippen LogP contribution in [0.25, 0.3) is 0 Å². The van der Waals surface area contributed by atoms with Crippen molar-refractivity contribution in [3.63, 3.8) is 0 Å². The molecule has 0 saturated heterocycles. The molecule has 154 valence electrons. The van der Waals surface area contributed by atoms with Crippen molar-refractivity contribution in [2.75, 3.05) is 24.6 Å². The Hall–Kier alpha value is -3.80. The lowest BCUT2D eigenvalue weighted by Gasteiger charge is -2.09. The second-order valence-corrected chi connectivity index (χ2v) is 7.08. The Balaban J connectivity index is 1.48. The molecule has 0 heterocycles. The zero-order valence-electron chi connectivity index (χ0n) is 16.7. The highest BCUT2D eigenvalue weighted by atomic mass is 16.2. The smallest absolute Gasteiger partial charge is 0.251 e. The van der Waals surface area contributed by atoms with Crippen molar-refractivity contribution < 1.29 is 9.59 Å². The molecule has 0 bridgehead atoms. The molecule has 6 nitrogen and oxygen atoms in total. The monoisotopic (exact) mass is 402 g/mol. The molecule has 0 atom stereocenters. The summed E-state index contributed by atoms with van der Waals surface area (Å²) < 4.78 is 0. The Morgan fingerprint density at radius 1 is 0.633 bits per heavy atom. The van der Waals surface area contributed by atoms with Gasteiger partial charge in [-0.2, -0.15) is 0 Å². The van der Waals surface area contributed by atoms with Gasteiger partial charge in [0.05, 0.1) is 0 Å². The molecular formula is C24H26N4O2. The van der Waals surface area contributed by atoms with E-state index in [2.05, 4.69) is 10.6 Å². The van der Waals surface area contributed by atoms with Crippen LogP contribution >= 0.6 is 0 Å². The summed E-state index contributed by atoms with van der Waals surface area (Å²) in [5, 5.41) is 5.77. The van der Waals surface area contributed by atoms with E-state index in [1.807, 2.05) is 48.5 Å². The SMILES string of the molecule is Nc1ccc(CCNC(=O)c2cccc(C(=O)NCCc3ccc(N)cc3)c2)cc1. The molecule has 6 N–H and O–H groups in total. The molecule has 30 heavy (non-hydrogen) atoms. The van der Waals surface area contributed by atoms with Crippen LogP contribution in [0.1, 0.15) is 31.8 Å². The first-order valence-electron chi connectivity index (χ1n) is 9.86. The van der Waals surface area contributed by atoms with Gasteiger partial charge in [-0.1, -0.05) is 30.3 Å². The van der Waals surface area contributed by atoms with Gasteiger partial charge in [0.1, 0.15) is 0 Å². The summed E-state index contributed by atoms with van der Waals surface area (Å²) >= 11 is 0. The standard InChI is InChI=1S/C24H26N4O2/c25-21-8-4-17(5-9-21)12-14-27-23(29)19-2-1-3-20(16-19)24(30)28-15-13-18-6-10-22(26)11-7-18/h1-11,16H,12-15,25-26H2,(H,27,29)(H,28,30). The number of benzene rings is 3. The van der Waals surface area contributed by atoms with Gasteiger partial charge in [-0.25, -0.2) is 0 Å². The van der Waals surface area contributed by atoms with E-state index < -0.39 is 0 Å². The molecule has 0 radical (unpaired) electrons. The Bertz CT molecular complexity index is 920. The Labute approximate surface area is 176 Å². The molecule has 0 fully saturated rings. The summed E-state index contributed by atoms with van der Waals surface area (Å²) in [6, 6.07) is 21.8. The second-order valence-electron chi connectivity index (χ2n) is 7.08. The molecule has 0 aliphatic rings. The first kappa shape index (κ1) is 20.9. The van der Waals surface area contributed by atoms with E-state index in [1.54, 1.807) is 24.3 Å². The van der Waals surface area contributed by atoms with E-state index in [4.69, 9.17) is 11.5 Å². The van der Waals surface area contributed by atoms with Gasteiger partial charge in [-0.15, -0.1) is 0 Å². The van der Waals surface area contributed by atoms with E-state index in [-0.39, 0.29) is 11.8 Å². The van der Waals surface area contributed by atoms with Crippen molar-refractivity contribution in [1.29, 1.82) is 0 Å². The molecule has 6 heteroatoms. The van der Waals surface area contributed by atoms with Crippen molar-refractivity contribution >= 4 is 23.2 Å². The molecule has 2 amide bonds. The van der Waals surface area contributed by atoms with Gasteiger partial charge in [0.25, 0.3) is 11.8 Å². The fourth-order valence-electron chi connectivity index (χ4n) is 3.02. The summed E-state index contributed by atoms with van der Waals surface area (Å²) in [6.45, 7) is 1.00. The van der Waals surface area contributed by atoms with Gasteiger partial charge < -0.3 is 22.1 Å². The largest absolute Gasteiger partial charge is 0.399 e. The zero-order chi connectivity index (χ0) is 21.3. The van der Waals surface area contributed by atoms with Crippen LogP contribution in [0.2, 0.25) is 0 Å². The van der Waals surface area contributed by atoms with E-state index in [0.717, 1.165) is 11.1 Å². The van der Waals surface area contributed by atoms with E-state index >= 15 is 0 Å². The lowest BCUT2D eigenvalue weighted by molar-refractivity contribution is 0.0953. The minimum absolute atomic E-state index is 0.207. The topological polar surface area (TPSA) is 110 Å². The second kappa shape index (κ2) is 10.1. The predicted octanol–water partition coefficient (Wildman–Crippen LogP) is 2.80. The fourth-order valence-corrected chi connectivity index (χ4v) is 3.02. The molecule has 0 aromatic heterocycles. The summed E-state index contributed by atoms with van der Waals surface area (Å²) in [5.41, 5.74) is 15.9. The summed E-state index contributed by atoms with van der Waals surface area (Å²) in [6.07, 6.45) is 1.41. The fraction of sp³-hybridized carbons (Fsp3) is 0.167. The molecule has 0 spiro atoms. The van der Waals surface area contributed by atoms with Crippen molar-refractivity contribution in [3.8, 4) is 0 Å². The normalized spacial score (nSPS) is 10.4. The molecular weight excluding hydrogens is 376 g/mol. The third-order valence-corrected chi connectivity index (χ3v) is 4.74. The van der Waals surface area contributed by atoms with Gasteiger partial charge in [-0.05, 0) is 66.4 Å². The number of nitrogen functional groups attached to an aromatic ring is 2. The van der Waals surface area contributed by atoms with Crippen molar-refractivity contribution in [2.45, 2.75) is 12.8 Å². The Kier molecular flexibility index (Phi) is 7.05. The average molecular weight is 402 g/mol. The van der Waals surface area contributed by atoms with Crippen LogP contribution in [0, 0.1) is 0 Å². The quantitative estimate of drug-likeness (QED) is 0.434. The number of nitrogens with one attached hydrogen (secondary N) is 2. The highest BCUT2D eigenvalue weighted by Gasteiger charge is 2.10. The number of anilines is 2.